The number of hydrogen-bond donors (Lipinski definition) is 1. The fourth-order valence-electron chi connectivity index (χ4n) is 4.56. The standard InChI is InChI=1S/C32H40ClN3O4S/c1-7-25-11-9-10-12-29(25)36(41(39,40)27-19-13-23(3)14-20-27)22-30(37)35(21-24-15-17-26(33)18-16-24)28(8-2)31(38)34-32(4,5)6/h9-20,28H,7-8,21-22H2,1-6H3,(H,34,38)/t28-/m1/s1. The number of nitrogens with one attached hydrogen (secondary N) is 1. The van der Waals surface area contributed by atoms with Gasteiger partial charge in [0.25, 0.3) is 10.0 Å². The Morgan fingerprint density at radius 1 is 0.927 bits per heavy atom. The number of carbonyl (C=O) groups excluding carboxylic acids is 2. The fraction of sp³-hybridized carbons (Fsp3) is 0.375. The first kappa shape index (κ1) is 32.2. The Morgan fingerprint density at radius 3 is 2.10 bits per heavy atom. The molecule has 0 aliphatic rings. The maximum atomic E-state index is 14.2. The molecule has 0 radical (unpaired) electrons. The number of aryl methyl sites for hydroxylation is 2. The maximum Gasteiger partial charge on any atom is 0.264 e. The molecule has 0 saturated heterocycles. The molecular weight excluding hydrogens is 558 g/mol. The van der Waals surface area contributed by atoms with Crippen LogP contribution in [0.4, 0.5) is 5.69 Å². The second kappa shape index (κ2) is 13.5. The van der Waals surface area contributed by atoms with Gasteiger partial charge in [-0.2, -0.15) is 0 Å². The SMILES string of the molecule is CCc1ccccc1N(CC(=O)N(Cc1ccc(Cl)cc1)[C@H](CC)C(=O)NC(C)(C)C)S(=O)(=O)c1ccc(C)cc1. The van der Waals surface area contributed by atoms with Crippen LogP contribution in [0, 0.1) is 6.92 Å². The molecule has 3 aromatic rings. The van der Waals surface area contributed by atoms with E-state index in [0.717, 1.165) is 16.7 Å². The van der Waals surface area contributed by atoms with E-state index in [1.165, 1.54) is 9.21 Å². The van der Waals surface area contributed by atoms with Crippen molar-refractivity contribution in [2.75, 3.05) is 10.8 Å². The van der Waals surface area contributed by atoms with Gasteiger partial charge in [0.15, 0.2) is 0 Å². The molecule has 1 N–H and O–H groups in total. The van der Waals surface area contributed by atoms with Crippen LogP contribution >= 0.6 is 11.6 Å². The van der Waals surface area contributed by atoms with Crippen molar-refractivity contribution in [2.24, 2.45) is 0 Å². The van der Waals surface area contributed by atoms with Gasteiger partial charge in [0, 0.05) is 17.1 Å². The predicted molar refractivity (Wildman–Crippen MR) is 166 cm³/mol. The summed E-state index contributed by atoms with van der Waals surface area (Å²) in [5, 5.41) is 3.53. The first-order valence-electron chi connectivity index (χ1n) is 13.8. The summed E-state index contributed by atoms with van der Waals surface area (Å²) >= 11 is 6.09. The topological polar surface area (TPSA) is 86.8 Å². The first-order chi connectivity index (χ1) is 19.3. The number of benzene rings is 3. The summed E-state index contributed by atoms with van der Waals surface area (Å²) in [6, 6.07) is 20.0. The first-order valence-corrected chi connectivity index (χ1v) is 15.6. The maximum absolute atomic E-state index is 14.2. The Labute approximate surface area is 249 Å². The second-order valence-corrected chi connectivity index (χ2v) is 13.4. The van der Waals surface area contributed by atoms with Crippen molar-refractivity contribution < 1.29 is 18.0 Å². The van der Waals surface area contributed by atoms with Crippen LogP contribution in [0.15, 0.2) is 77.7 Å². The molecule has 0 aromatic heterocycles. The van der Waals surface area contributed by atoms with E-state index in [1.807, 2.05) is 53.7 Å². The molecule has 1 atom stereocenters. The molecule has 0 heterocycles. The molecule has 220 valence electrons. The van der Waals surface area contributed by atoms with Gasteiger partial charge in [-0.3, -0.25) is 13.9 Å². The highest BCUT2D eigenvalue weighted by molar-refractivity contribution is 7.92. The van der Waals surface area contributed by atoms with E-state index >= 15 is 0 Å². The molecule has 0 fully saturated rings. The molecular formula is C32H40ClN3O4S. The third-order valence-corrected chi connectivity index (χ3v) is 8.71. The van der Waals surface area contributed by atoms with E-state index in [1.54, 1.807) is 60.7 Å². The zero-order valence-electron chi connectivity index (χ0n) is 24.6. The molecule has 0 bridgehead atoms. The number of hydrogen-bond acceptors (Lipinski definition) is 4. The Morgan fingerprint density at radius 2 is 1.54 bits per heavy atom. The van der Waals surface area contributed by atoms with Crippen LogP contribution in [-0.4, -0.2) is 43.3 Å². The molecule has 0 saturated carbocycles. The van der Waals surface area contributed by atoms with Crippen molar-refractivity contribution in [3.63, 3.8) is 0 Å². The number of halogens is 1. The largest absolute Gasteiger partial charge is 0.350 e. The molecule has 3 rings (SSSR count). The molecule has 0 aliphatic heterocycles. The van der Waals surface area contributed by atoms with E-state index in [9.17, 15) is 18.0 Å². The molecule has 9 heteroatoms. The molecule has 41 heavy (non-hydrogen) atoms. The van der Waals surface area contributed by atoms with Gasteiger partial charge in [0.1, 0.15) is 12.6 Å². The van der Waals surface area contributed by atoms with Gasteiger partial charge in [-0.05, 0) is 82.0 Å². The van der Waals surface area contributed by atoms with Crippen molar-refractivity contribution in [3.8, 4) is 0 Å². The quantitative estimate of drug-likeness (QED) is 0.288. The summed E-state index contributed by atoms with van der Waals surface area (Å²) in [5.41, 5.74) is 2.40. The number of amides is 2. The summed E-state index contributed by atoms with van der Waals surface area (Å²) in [5.74, 6) is -0.790. The third-order valence-electron chi connectivity index (χ3n) is 6.68. The van der Waals surface area contributed by atoms with Gasteiger partial charge in [-0.1, -0.05) is 73.5 Å². The van der Waals surface area contributed by atoms with Gasteiger partial charge < -0.3 is 10.2 Å². The van der Waals surface area contributed by atoms with Gasteiger partial charge in [-0.25, -0.2) is 8.42 Å². The highest BCUT2D eigenvalue weighted by atomic mass is 35.5. The third kappa shape index (κ3) is 8.33. The average molecular weight is 598 g/mol. The Balaban J connectivity index is 2.10. The average Bonchev–Trinajstić information content (AvgIpc) is 2.91. The molecule has 2 amide bonds. The van der Waals surface area contributed by atoms with Gasteiger partial charge in [-0.15, -0.1) is 0 Å². The van der Waals surface area contributed by atoms with Crippen LogP contribution in [0.5, 0.6) is 0 Å². The predicted octanol–water partition coefficient (Wildman–Crippen LogP) is 6.13. The lowest BCUT2D eigenvalue weighted by molar-refractivity contribution is -0.141. The van der Waals surface area contributed by atoms with Crippen molar-refractivity contribution >= 4 is 39.1 Å². The lowest BCUT2D eigenvalue weighted by Gasteiger charge is -2.35. The van der Waals surface area contributed by atoms with Gasteiger partial charge in [0.2, 0.25) is 11.8 Å². The highest BCUT2D eigenvalue weighted by Gasteiger charge is 2.35. The lowest BCUT2D eigenvalue weighted by atomic mass is 10.1. The van der Waals surface area contributed by atoms with Crippen molar-refractivity contribution in [3.05, 3.63) is 94.5 Å². The van der Waals surface area contributed by atoms with E-state index < -0.39 is 34.1 Å². The summed E-state index contributed by atoms with van der Waals surface area (Å²) < 4.78 is 29.3. The van der Waals surface area contributed by atoms with Crippen molar-refractivity contribution in [1.82, 2.24) is 10.2 Å². The van der Waals surface area contributed by atoms with Crippen molar-refractivity contribution in [1.29, 1.82) is 0 Å². The lowest BCUT2D eigenvalue weighted by Crippen LogP contribution is -2.55. The minimum Gasteiger partial charge on any atom is -0.350 e. The van der Waals surface area contributed by atoms with Crippen LogP contribution in [0.1, 0.15) is 57.7 Å². The summed E-state index contributed by atoms with van der Waals surface area (Å²) in [4.78, 5) is 29.2. The zero-order valence-corrected chi connectivity index (χ0v) is 26.2. The molecule has 0 unspecified atom stereocenters. The van der Waals surface area contributed by atoms with Gasteiger partial charge in [0.05, 0.1) is 10.6 Å². The van der Waals surface area contributed by atoms with Gasteiger partial charge >= 0.3 is 0 Å². The van der Waals surface area contributed by atoms with E-state index in [-0.39, 0.29) is 17.3 Å². The Hall–Kier alpha value is -3.36. The van der Waals surface area contributed by atoms with Crippen LogP contribution in [0.3, 0.4) is 0 Å². The van der Waals surface area contributed by atoms with Crippen LogP contribution in [0.2, 0.25) is 5.02 Å². The Kier molecular flexibility index (Phi) is 10.6. The minimum atomic E-state index is -4.12. The fourth-order valence-corrected chi connectivity index (χ4v) is 6.14. The smallest absolute Gasteiger partial charge is 0.264 e. The molecule has 3 aromatic carbocycles. The van der Waals surface area contributed by atoms with E-state index in [0.29, 0.717) is 23.6 Å². The Bertz CT molecular complexity index is 1450. The molecule has 0 aliphatic carbocycles. The van der Waals surface area contributed by atoms with Crippen molar-refractivity contribution in [2.45, 2.75) is 77.4 Å². The number of carbonyl (C=O) groups is 2. The van der Waals surface area contributed by atoms with E-state index in [4.69, 9.17) is 11.6 Å². The zero-order chi connectivity index (χ0) is 30.4. The number of rotatable bonds is 11. The van der Waals surface area contributed by atoms with Crippen LogP contribution in [0.25, 0.3) is 0 Å². The number of anilines is 1. The molecule has 7 nitrogen and oxygen atoms in total. The normalized spacial score (nSPS) is 12.5. The molecule has 0 spiro atoms. The number of sulfonamides is 1. The van der Waals surface area contributed by atoms with Crippen LogP contribution in [-0.2, 0) is 32.6 Å². The number of para-hydroxylation sites is 1. The van der Waals surface area contributed by atoms with E-state index in [2.05, 4.69) is 5.32 Å². The summed E-state index contributed by atoms with van der Waals surface area (Å²) in [6.45, 7) is 10.9. The highest BCUT2D eigenvalue weighted by Crippen LogP contribution is 2.28. The van der Waals surface area contributed by atoms with Crippen LogP contribution < -0.4 is 9.62 Å². The summed E-state index contributed by atoms with van der Waals surface area (Å²) in [7, 11) is -4.12. The minimum absolute atomic E-state index is 0.0866. The summed E-state index contributed by atoms with van der Waals surface area (Å²) in [6.07, 6.45) is 0.918. The second-order valence-electron chi connectivity index (χ2n) is 11.1. The monoisotopic (exact) mass is 597 g/mol. The number of nitrogens with zero attached hydrogens (tertiary/aromatic N) is 2.